The molecule has 1 unspecified atom stereocenters. The maximum atomic E-state index is 15.9. The summed E-state index contributed by atoms with van der Waals surface area (Å²) >= 11 is 0. The third-order valence-corrected chi connectivity index (χ3v) is 21.0. The minimum atomic E-state index is -4.05. The highest BCUT2D eigenvalue weighted by atomic mass is 32.2. The van der Waals surface area contributed by atoms with Gasteiger partial charge in [-0.15, -0.1) is 0 Å². The lowest BCUT2D eigenvalue weighted by molar-refractivity contribution is -0.152. The second-order valence-corrected chi connectivity index (χ2v) is 32.9. The number of likely N-dealkylation sites (tertiary alicyclic amines) is 1. The Morgan fingerprint density at radius 1 is 0.574 bits per heavy atom. The molecule has 0 spiro atoms. The van der Waals surface area contributed by atoms with Crippen LogP contribution in [0.4, 0.5) is 0 Å². The zero-order chi connectivity index (χ0) is 81.7. The number of amides is 12. The van der Waals surface area contributed by atoms with Gasteiger partial charge < -0.3 is 70.5 Å². The number of aliphatic hydroxyl groups excluding tert-OH is 2. The fourth-order valence-corrected chi connectivity index (χ4v) is 14.4. The fourth-order valence-electron chi connectivity index (χ4n) is 14.0. The largest absolute Gasteiger partial charge is 0.496 e. The number of aliphatic hydroxyl groups is 2. The van der Waals surface area contributed by atoms with Gasteiger partial charge in [-0.3, -0.25) is 62.4 Å². The molecule has 2 fully saturated rings. The van der Waals surface area contributed by atoms with E-state index in [4.69, 9.17) is 4.74 Å². The van der Waals surface area contributed by atoms with Crippen molar-refractivity contribution >= 4 is 80.9 Å². The molecule has 2 saturated heterocycles. The lowest BCUT2D eigenvalue weighted by atomic mass is 9.93. The molecule has 2 heterocycles. The molecule has 0 aromatic heterocycles. The molecule has 4 rings (SSSR count). The van der Waals surface area contributed by atoms with Crippen LogP contribution in [-0.4, -0.2) is 284 Å². The van der Waals surface area contributed by atoms with Crippen molar-refractivity contribution in [1.82, 2.24) is 65.2 Å². The highest BCUT2D eigenvalue weighted by Crippen LogP contribution is 2.28. The highest BCUT2D eigenvalue weighted by Gasteiger charge is 2.45. The van der Waals surface area contributed by atoms with E-state index in [9.17, 15) is 47.4 Å². The second kappa shape index (κ2) is 42.0. The van der Waals surface area contributed by atoms with E-state index in [0.717, 1.165) is 27.4 Å². The first-order valence-electron chi connectivity index (χ1n) is 37.8. The first-order chi connectivity index (χ1) is 50.4. The standard InChI is InChI=1S/C77H125N13O17S/c1-22-49(11)66-71(98)81-65(50(12)91)77(104)83(13)44-64(93)84(14)57(23-2)68(95)80-56(74(101)90-34-28-25-29-35-90)43-63(92)85(15)58(37-46(5)6)69(96)79-55(40-52-32-33-53(62(42-52)107-20)67(94)82-108(21,105)106)73(100)87(17)60(38-47(7)8)75(102)86(16)59(41-51-30-26-24-27-31-51)70(97)78-54(36-45(3)4)72(99)88(18)61(39-48(9)10)76(103)89(66)19/h24,26-27,30-33,42,45-50,54-61,65-66,75,91,102H,22-23,25,28-29,34-41,43-44H2,1-21H3,(H,78,97)(H,79,96)(H,80,95)(H,81,98)(H,82,94)/t49-,50+,54-,55-,56-,57-,58-,59-,60-,61-,65-,66-,75?/m0/s1. The summed E-state index contributed by atoms with van der Waals surface area (Å²) < 4.78 is 31.9. The number of sulfonamides is 1. The first kappa shape index (κ1) is 92.1. The zero-order valence-corrected chi connectivity index (χ0v) is 68.4. The third-order valence-electron chi connectivity index (χ3n) is 20.4. The van der Waals surface area contributed by atoms with Gasteiger partial charge in [0.1, 0.15) is 60.3 Å². The molecule has 0 aliphatic carbocycles. The van der Waals surface area contributed by atoms with Crippen LogP contribution in [0, 0.1) is 29.6 Å². The number of hydrogen-bond acceptors (Lipinski definition) is 18. The molecule has 0 radical (unpaired) electrons. The van der Waals surface area contributed by atoms with Crippen LogP contribution in [0.25, 0.3) is 0 Å². The van der Waals surface area contributed by atoms with Gasteiger partial charge in [-0.05, 0) is 125 Å². The SMILES string of the molecule is CC[C@H](C)[C@H]1C(=O)N[C@@H]([C@@H](C)O)C(=O)N(C)CC(=O)N(C)[C@@H](CC)C(=O)N[C@H](C(=O)N2CCCCC2)CC(=O)N(C)[C@@H](CC(C)C)C(=O)N[C@@H](Cc2ccc(C(=O)NS(C)(=O)=O)c(OC)c2)C(=O)N(C)[C@@H](CC(C)C)C(O)N(C)[C@@H](Cc2ccccc2)C(=O)N[C@@H](CC(C)C)C(=O)N(C)[C@@H](CC(C)C)C(=O)N1C. The van der Waals surface area contributed by atoms with Gasteiger partial charge in [0.25, 0.3) is 5.91 Å². The molecule has 108 heavy (non-hydrogen) atoms. The Hall–Kier alpha value is -8.29. The van der Waals surface area contributed by atoms with Gasteiger partial charge in [-0.2, -0.15) is 0 Å². The van der Waals surface area contributed by atoms with Crippen LogP contribution in [0.5, 0.6) is 5.75 Å². The average molecular weight is 1540 g/mol. The number of methoxy groups -OCH3 is 1. The molecule has 2 aliphatic rings. The number of benzene rings is 2. The molecular formula is C77H125N13O17S. The number of ether oxygens (including phenoxy) is 1. The Balaban J connectivity index is 2.07. The predicted molar refractivity (Wildman–Crippen MR) is 409 cm³/mol. The van der Waals surface area contributed by atoms with E-state index in [-0.39, 0.29) is 85.5 Å². The molecule has 0 bridgehead atoms. The van der Waals surface area contributed by atoms with E-state index in [1.807, 2.05) is 46.3 Å². The smallest absolute Gasteiger partial charge is 0.268 e. The number of hydrogen-bond donors (Lipinski definition) is 7. The summed E-state index contributed by atoms with van der Waals surface area (Å²) in [6, 6.07) is -0.738. The van der Waals surface area contributed by atoms with Gasteiger partial charge in [-0.25, -0.2) is 13.1 Å². The molecule has 606 valence electrons. The van der Waals surface area contributed by atoms with Crippen molar-refractivity contribution < 1.29 is 80.9 Å². The summed E-state index contributed by atoms with van der Waals surface area (Å²) in [7, 11) is 6.93. The van der Waals surface area contributed by atoms with E-state index < -0.39 is 173 Å². The molecule has 31 heteroatoms. The summed E-state index contributed by atoms with van der Waals surface area (Å²) in [6.45, 7) is 21.1. The Morgan fingerprint density at radius 2 is 1.11 bits per heavy atom. The summed E-state index contributed by atoms with van der Waals surface area (Å²) in [6.07, 6.45) is -0.878. The average Bonchev–Trinajstić information content (AvgIpc) is 0.820. The van der Waals surface area contributed by atoms with Gasteiger partial charge in [0.2, 0.25) is 75.0 Å². The van der Waals surface area contributed by atoms with E-state index in [1.165, 1.54) is 106 Å². The summed E-state index contributed by atoms with van der Waals surface area (Å²) in [5.74, 6) is -11.1. The van der Waals surface area contributed by atoms with Gasteiger partial charge in [0.05, 0.1) is 50.1 Å². The number of piperidine rings is 1. The highest BCUT2D eigenvalue weighted by molar-refractivity contribution is 7.89. The van der Waals surface area contributed by atoms with E-state index in [0.29, 0.717) is 37.9 Å². The Bertz CT molecular complexity index is 3540. The number of carbonyl (C=O) groups excluding carboxylic acids is 12. The van der Waals surface area contributed by atoms with Crippen LogP contribution in [0.2, 0.25) is 0 Å². The Kier molecular flexibility index (Phi) is 35.9. The number of likely N-dealkylation sites (N-methyl/N-ethyl adjacent to an activating group) is 7. The van der Waals surface area contributed by atoms with Crippen molar-refractivity contribution in [2.75, 3.05) is 82.3 Å². The summed E-state index contributed by atoms with van der Waals surface area (Å²) in [4.78, 5) is 189. The quantitative estimate of drug-likeness (QED) is 0.100. The predicted octanol–water partition coefficient (Wildman–Crippen LogP) is 2.76. The van der Waals surface area contributed by atoms with Crippen molar-refractivity contribution in [2.24, 2.45) is 29.6 Å². The number of nitrogens with zero attached hydrogens (tertiary/aromatic N) is 8. The Labute approximate surface area is 639 Å². The van der Waals surface area contributed by atoms with Crippen molar-refractivity contribution in [3.63, 3.8) is 0 Å². The fraction of sp³-hybridized carbons (Fsp3) is 0.688. The number of carbonyl (C=O) groups is 12. The molecule has 0 saturated carbocycles. The van der Waals surface area contributed by atoms with E-state index >= 15 is 28.8 Å². The second-order valence-electron chi connectivity index (χ2n) is 31.1. The summed E-state index contributed by atoms with van der Waals surface area (Å²) in [5.41, 5.74) is 0.756. The van der Waals surface area contributed by atoms with Gasteiger partial charge in [0, 0.05) is 61.8 Å². The Morgan fingerprint density at radius 3 is 1.65 bits per heavy atom. The molecule has 30 nitrogen and oxygen atoms in total. The normalized spacial score (nSPS) is 25.3. The van der Waals surface area contributed by atoms with Crippen LogP contribution in [0.15, 0.2) is 48.5 Å². The van der Waals surface area contributed by atoms with Gasteiger partial charge >= 0.3 is 0 Å². The maximum absolute atomic E-state index is 15.9. The maximum Gasteiger partial charge on any atom is 0.268 e. The summed E-state index contributed by atoms with van der Waals surface area (Å²) in [5, 5.41) is 35.6. The van der Waals surface area contributed by atoms with E-state index in [2.05, 4.69) is 21.3 Å². The van der Waals surface area contributed by atoms with Crippen LogP contribution in [-0.2, 0) is 75.6 Å². The molecular weight excluding hydrogens is 1410 g/mol. The minimum absolute atomic E-state index is 0.0111. The number of nitrogens with one attached hydrogen (secondary N) is 5. The van der Waals surface area contributed by atoms with Crippen molar-refractivity contribution in [2.45, 2.75) is 233 Å². The van der Waals surface area contributed by atoms with Crippen LogP contribution in [0.3, 0.4) is 0 Å². The van der Waals surface area contributed by atoms with Crippen molar-refractivity contribution in [3.05, 3.63) is 65.2 Å². The monoisotopic (exact) mass is 1540 g/mol. The van der Waals surface area contributed by atoms with Crippen LogP contribution >= 0.6 is 0 Å². The van der Waals surface area contributed by atoms with E-state index in [1.54, 1.807) is 65.0 Å². The van der Waals surface area contributed by atoms with Gasteiger partial charge in [0.15, 0.2) is 0 Å². The van der Waals surface area contributed by atoms with Crippen LogP contribution < -0.4 is 30.7 Å². The molecule has 12 amide bonds. The minimum Gasteiger partial charge on any atom is -0.496 e. The van der Waals surface area contributed by atoms with Crippen LogP contribution in [0.1, 0.15) is 169 Å². The zero-order valence-electron chi connectivity index (χ0n) is 67.5. The van der Waals surface area contributed by atoms with Gasteiger partial charge in [-0.1, -0.05) is 119 Å². The first-order valence-corrected chi connectivity index (χ1v) is 39.7. The molecule has 2 aromatic rings. The lowest BCUT2D eigenvalue weighted by Crippen LogP contribution is -2.63. The molecule has 7 N–H and O–H groups in total. The lowest BCUT2D eigenvalue weighted by Gasteiger charge is -2.42. The van der Waals surface area contributed by atoms with Crippen molar-refractivity contribution in [3.8, 4) is 5.75 Å². The molecule has 2 aromatic carbocycles. The molecule has 13 atom stereocenters. The molecule has 2 aliphatic heterocycles. The van der Waals surface area contributed by atoms with Crippen molar-refractivity contribution in [1.29, 1.82) is 0 Å². The number of rotatable bonds is 20. The third kappa shape index (κ3) is 25.9. The topological polar surface area (TPSA) is 375 Å².